The molecule has 168 valence electrons. The third kappa shape index (κ3) is 5.55. The maximum atomic E-state index is 11.2. The minimum atomic E-state index is -0.815. The molecule has 2 atom stereocenters. The lowest BCUT2D eigenvalue weighted by molar-refractivity contribution is -0.0917. The number of aromatic nitrogens is 3. The van der Waals surface area contributed by atoms with Crippen LogP contribution >= 0.6 is 0 Å². The summed E-state index contributed by atoms with van der Waals surface area (Å²) in [4.78, 5) is 18.3. The summed E-state index contributed by atoms with van der Waals surface area (Å²) < 4.78 is 11.6. The van der Waals surface area contributed by atoms with Gasteiger partial charge in [0.05, 0.1) is 24.1 Å². The van der Waals surface area contributed by atoms with Crippen LogP contribution in [0.1, 0.15) is 32.2 Å². The van der Waals surface area contributed by atoms with Crippen LogP contribution in [0.4, 0.5) is 4.79 Å². The Morgan fingerprint density at radius 1 is 1.16 bits per heavy atom. The number of amides is 1. The molecule has 0 aromatic carbocycles. The van der Waals surface area contributed by atoms with Crippen molar-refractivity contribution in [1.29, 1.82) is 0 Å². The number of piperazine rings is 1. The summed E-state index contributed by atoms with van der Waals surface area (Å²) in [5, 5.41) is 12.0. The van der Waals surface area contributed by atoms with Gasteiger partial charge in [0.15, 0.2) is 0 Å². The number of nitrogens with zero attached hydrogens (tertiary/aromatic N) is 4. The summed E-state index contributed by atoms with van der Waals surface area (Å²) >= 11 is 0. The molecule has 2 aromatic rings. The van der Waals surface area contributed by atoms with Gasteiger partial charge in [-0.1, -0.05) is 26.8 Å². The number of ether oxygens (including phenoxy) is 2. The van der Waals surface area contributed by atoms with Crippen LogP contribution in [0.25, 0.3) is 0 Å². The van der Waals surface area contributed by atoms with Gasteiger partial charge >= 0.3 is 6.09 Å². The highest BCUT2D eigenvalue weighted by atomic mass is 16.6. The predicted octanol–water partition coefficient (Wildman–Crippen LogP) is 1.55. The highest BCUT2D eigenvalue weighted by Crippen LogP contribution is 2.36. The number of carbonyl (C=O) groups is 1. The fourth-order valence-electron chi connectivity index (χ4n) is 3.80. The topological polar surface area (TPSA) is 115 Å². The summed E-state index contributed by atoms with van der Waals surface area (Å²) in [7, 11) is 0. The van der Waals surface area contributed by atoms with E-state index >= 15 is 0 Å². The molecule has 0 radical (unpaired) electrons. The van der Waals surface area contributed by atoms with Crippen LogP contribution in [-0.4, -0.2) is 71.7 Å². The molecule has 9 nitrogen and oxygen atoms in total. The van der Waals surface area contributed by atoms with Crippen LogP contribution < -0.4 is 11.1 Å². The monoisotopic (exact) mass is 428 g/mol. The van der Waals surface area contributed by atoms with Crippen LogP contribution in [-0.2, 0) is 15.0 Å². The molecule has 1 amide bonds. The van der Waals surface area contributed by atoms with Crippen molar-refractivity contribution in [1.82, 2.24) is 25.4 Å². The molecule has 1 saturated heterocycles. The maximum Gasteiger partial charge on any atom is 0.404 e. The van der Waals surface area contributed by atoms with Gasteiger partial charge in [0.1, 0.15) is 12.1 Å². The van der Waals surface area contributed by atoms with Gasteiger partial charge in [-0.3, -0.25) is 9.88 Å². The standard InChI is InChI=1S/C22H32N6O3/c1-21(2,3)19(15-30-20(23)29)31-16-22(17-7-4-5-9-25-17,18-8-6-10-26-27-18)28-13-11-24-12-14-28/h4-10,19,24H,11-16H2,1-3H3,(H2,23,29). The number of nitrogens with one attached hydrogen (secondary N) is 1. The first-order chi connectivity index (χ1) is 14.8. The second-order valence-electron chi connectivity index (χ2n) is 8.72. The molecule has 0 aliphatic carbocycles. The van der Waals surface area contributed by atoms with Crippen LogP contribution in [0.5, 0.6) is 0 Å². The zero-order chi connectivity index (χ0) is 22.3. The number of nitrogens with two attached hydrogens (primary N) is 1. The third-order valence-electron chi connectivity index (χ3n) is 5.58. The molecule has 3 heterocycles. The normalized spacial score (nSPS) is 18.2. The van der Waals surface area contributed by atoms with Crippen molar-refractivity contribution in [2.75, 3.05) is 39.4 Å². The number of carbonyl (C=O) groups excluding carboxylic acids is 1. The van der Waals surface area contributed by atoms with E-state index < -0.39 is 11.6 Å². The second-order valence-corrected chi connectivity index (χ2v) is 8.72. The number of primary amides is 1. The van der Waals surface area contributed by atoms with Gasteiger partial charge in [-0.05, 0) is 29.7 Å². The molecule has 3 N–H and O–H groups in total. The first-order valence-electron chi connectivity index (χ1n) is 10.5. The van der Waals surface area contributed by atoms with Gasteiger partial charge in [-0.2, -0.15) is 10.2 Å². The van der Waals surface area contributed by atoms with E-state index in [1.165, 1.54) is 0 Å². The third-order valence-corrected chi connectivity index (χ3v) is 5.58. The van der Waals surface area contributed by atoms with E-state index in [0.29, 0.717) is 0 Å². The first kappa shape index (κ1) is 23.1. The smallest absolute Gasteiger partial charge is 0.404 e. The molecule has 2 unspecified atom stereocenters. The molecule has 2 aromatic heterocycles. The molecule has 1 fully saturated rings. The van der Waals surface area contributed by atoms with E-state index in [1.54, 1.807) is 12.4 Å². The highest BCUT2D eigenvalue weighted by molar-refractivity contribution is 5.64. The van der Waals surface area contributed by atoms with E-state index in [1.807, 2.05) is 51.1 Å². The Bertz CT molecular complexity index is 783. The molecule has 3 rings (SSSR count). The largest absolute Gasteiger partial charge is 0.447 e. The summed E-state index contributed by atoms with van der Waals surface area (Å²) in [6.45, 7) is 9.76. The van der Waals surface area contributed by atoms with Crippen molar-refractivity contribution < 1.29 is 14.3 Å². The molecule has 31 heavy (non-hydrogen) atoms. The van der Waals surface area contributed by atoms with Gasteiger partial charge in [0.25, 0.3) is 0 Å². The number of hydrogen-bond donors (Lipinski definition) is 2. The SMILES string of the molecule is CC(C)(C)C(COC(N)=O)OCC(c1ccccn1)(c1cccnn1)N1CCNCC1. The van der Waals surface area contributed by atoms with E-state index in [2.05, 4.69) is 20.4 Å². The average Bonchev–Trinajstić information content (AvgIpc) is 2.77. The zero-order valence-corrected chi connectivity index (χ0v) is 18.5. The van der Waals surface area contributed by atoms with Gasteiger partial charge in [-0.15, -0.1) is 0 Å². The Kier molecular flexibility index (Phi) is 7.53. The molecule has 9 heteroatoms. The number of pyridine rings is 1. The highest BCUT2D eigenvalue weighted by Gasteiger charge is 2.45. The van der Waals surface area contributed by atoms with Crippen molar-refractivity contribution in [3.63, 3.8) is 0 Å². The summed E-state index contributed by atoms with van der Waals surface area (Å²) in [6.07, 6.45) is 2.25. The average molecular weight is 429 g/mol. The van der Waals surface area contributed by atoms with Crippen molar-refractivity contribution in [3.8, 4) is 0 Å². The summed E-state index contributed by atoms with van der Waals surface area (Å²) in [6, 6.07) is 9.68. The maximum absolute atomic E-state index is 11.2. The lowest BCUT2D eigenvalue weighted by Gasteiger charge is -2.45. The summed E-state index contributed by atoms with van der Waals surface area (Å²) in [5.74, 6) is 0. The zero-order valence-electron chi connectivity index (χ0n) is 18.5. The van der Waals surface area contributed by atoms with E-state index in [-0.39, 0.29) is 24.7 Å². The Morgan fingerprint density at radius 3 is 2.48 bits per heavy atom. The lowest BCUT2D eigenvalue weighted by atomic mass is 9.86. The molecule has 1 aliphatic heterocycles. The Hall–Kier alpha value is -2.62. The van der Waals surface area contributed by atoms with Crippen LogP contribution in [0.15, 0.2) is 42.7 Å². The van der Waals surface area contributed by atoms with Crippen LogP contribution in [0.3, 0.4) is 0 Å². The van der Waals surface area contributed by atoms with Gasteiger partial charge < -0.3 is 20.5 Å². The minimum Gasteiger partial charge on any atom is -0.447 e. The molecule has 0 bridgehead atoms. The molecular formula is C22H32N6O3. The number of hydrogen-bond acceptors (Lipinski definition) is 8. The van der Waals surface area contributed by atoms with E-state index in [9.17, 15) is 4.79 Å². The predicted molar refractivity (Wildman–Crippen MR) is 116 cm³/mol. The van der Waals surface area contributed by atoms with E-state index in [4.69, 9.17) is 20.2 Å². The lowest BCUT2D eigenvalue weighted by Crippen LogP contribution is -2.58. The van der Waals surface area contributed by atoms with Gasteiger partial charge in [0, 0.05) is 38.6 Å². The van der Waals surface area contributed by atoms with Crippen molar-refractivity contribution in [2.45, 2.75) is 32.4 Å². The Morgan fingerprint density at radius 2 is 1.90 bits per heavy atom. The van der Waals surface area contributed by atoms with Gasteiger partial charge in [0.2, 0.25) is 0 Å². The number of rotatable bonds is 8. The van der Waals surface area contributed by atoms with Crippen LogP contribution in [0, 0.1) is 5.41 Å². The quantitative estimate of drug-likeness (QED) is 0.651. The van der Waals surface area contributed by atoms with E-state index in [0.717, 1.165) is 37.6 Å². The fraction of sp³-hybridized carbons (Fsp3) is 0.545. The second kappa shape index (κ2) is 10.1. The van der Waals surface area contributed by atoms with Crippen molar-refractivity contribution in [3.05, 3.63) is 54.1 Å². The van der Waals surface area contributed by atoms with Crippen molar-refractivity contribution in [2.24, 2.45) is 11.1 Å². The molecule has 0 saturated carbocycles. The molecule has 0 spiro atoms. The fourth-order valence-corrected chi connectivity index (χ4v) is 3.80. The molecule has 1 aliphatic rings. The minimum absolute atomic E-state index is 0.0686. The Labute approximate surface area is 183 Å². The molecular weight excluding hydrogens is 396 g/mol. The van der Waals surface area contributed by atoms with Gasteiger partial charge in [-0.25, -0.2) is 4.79 Å². The summed E-state index contributed by atoms with van der Waals surface area (Å²) in [5.41, 5.74) is 5.78. The van der Waals surface area contributed by atoms with Crippen LogP contribution in [0.2, 0.25) is 0 Å². The Balaban J connectivity index is 2.03. The van der Waals surface area contributed by atoms with Crippen molar-refractivity contribution >= 4 is 6.09 Å². The first-order valence-corrected chi connectivity index (χ1v) is 10.5.